The maximum Gasteiger partial charge on any atom is 0.314 e. The molecule has 6 nitrogen and oxygen atoms in total. The third-order valence-electron chi connectivity index (χ3n) is 2.87. The fourth-order valence-corrected chi connectivity index (χ4v) is 1.85. The second kappa shape index (κ2) is 5.65. The number of hydrogen-bond acceptors (Lipinski definition) is 5. The maximum absolute atomic E-state index is 11.8. The topological polar surface area (TPSA) is 81.7 Å². The van der Waals surface area contributed by atoms with Crippen LogP contribution < -0.4 is 5.32 Å². The number of ether oxygens (including phenoxy) is 2. The molecule has 0 radical (unpaired) electrons. The number of rotatable bonds is 5. The fraction of sp³-hybridized carbons (Fsp3) is 0.727. The molecular formula is C11H17NO5. The molecule has 1 atom stereocenters. The van der Waals surface area contributed by atoms with Crippen molar-refractivity contribution in [2.75, 3.05) is 20.3 Å². The zero-order valence-corrected chi connectivity index (χ0v) is 10.1. The van der Waals surface area contributed by atoms with Gasteiger partial charge in [-0.3, -0.25) is 14.4 Å². The highest BCUT2D eigenvalue weighted by Gasteiger charge is 2.46. The Labute approximate surface area is 99.6 Å². The lowest BCUT2D eigenvalue weighted by Crippen LogP contribution is -2.35. The lowest BCUT2D eigenvalue weighted by molar-refractivity contribution is -0.156. The molecule has 1 aliphatic heterocycles. The molecule has 0 aromatic rings. The van der Waals surface area contributed by atoms with Crippen LogP contribution in [0.2, 0.25) is 0 Å². The van der Waals surface area contributed by atoms with Gasteiger partial charge in [0.05, 0.1) is 19.1 Å². The van der Waals surface area contributed by atoms with E-state index in [0.29, 0.717) is 0 Å². The van der Waals surface area contributed by atoms with E-state index < -0.39 is 17.4 Å². The van der Waals surface area contributed by atoms with Gasteiger partial charge < -0.3 is 14.8 Å². The van der Waals surface area contributed by atoms with Crippen molar-refractivity contribution < 1.29 is 23.9 Å². The summed E-state index contributed by atoms with van der Waals surface area (Å²) in [4.78, 5) is 34.2. The maximum atomic E-state index is 11.8. The lowest BCUT2D eigenvalue weighted by atomic mass is 9.82. The Hall–Kier alpha value is -1.59. The van der Waals surface area contributed by atoms with Gasteiger partial charge in [-0.15, -0.1) is 0 Å². The Bertz CT molecular complexity index is 328. The summed E-state index contributed by atoms with van der Waals surface area (Å²) in [7, 11) is 1.29. The van der Waals surface area contributed by atoms with E-state index >= 15 is 0 Å². The normalized spacial score (nSPS) is 23.1. The second-order valence-corrected chi connectivity index (χ2v) is 4.03. The van der Waals surface area contributed by atoms with Gasteiger partial charge in [-0.1, -0.05) is 0 Å². The van der Waals surface area contributed by atoms with E-state index in [0.717, 1.165) is 0 Å². The molecule has 0 aromatic heterocycles. The van der Waals surface area contributed by atoms with E-state index in [1.54, 1.807) is 6.92 Å². The number of nitrogens with one attached hydrogen (secondary N) is 1. The molecule has 1 amide bonds. The number of methoxy groups -OCH3 is 1. The first-order chi connectivity index (χ1) is 8.04. The molecule has 1 saturated heterocycles. The van der Waals surface area contributed by atoms with Gasteiger partial charge in [-0.05, 0) is 13.3 Å². The summed E-state index contributed by atoms with van der Waals surface area (Å²) in [5.74, 6) is -1.02. The predicted octanol–water partition coefficient (Wildman–Crippen LogP) is 0.00900. The van der Waals surface area contributed by atoms with Gasteiger partial charge in [0.1, 0.15) is 0 Å². The molecule has 1 heterocycles. The zero-order valence-electron chi connectivity index (χ0n) is 10.1. The summed E-state index contributed by atoms with van der Waals surface area (Å²) < 4.78 is 9.49. The van der Waals surface area contributed by atoms with Crippen molar-refractivity contribution >= 4 is 17.8 Å². The minimum Gasteiger partial charge on any atom is -0.469 e. The lowest BCUT2D eigenvalue weighted by Gasteiger charge is -2.23. The highest BCUT2D eigenvalue weighted by atomic mass is 16.5. The van der Waals surface area contributed by atoms with Gasteiger partial charge in [-0.2, -0.15) is 0 Å². The first-order valence-corrected chi connectivity index (χ1v) is 5.55. The molecule has 17 heavy (non-hydrogen) atoms. The molecule has 0 bridgehead atoms. The average Bonchev–Trinajstić information content (AvgIpc) is 2.69. The zero-order chi connectivity index (χ0) is 12.9. The van der Waals surface area contributed by atoms with Crippen LogP contribution in [0.15, 0.2) is 0 Å². The molecule has 1 aliphatic rings. The molecule has 0 saturated carbocycles. The SMILES string of the molecule is CCOC(=O)C1(CCC(=O)OC)CNC(=O)C1. The van der Waals surface area contributed by atoms with Gasteiger partial charge in [0.15, 0.2) is 0 Å². The van der Waals surface area contributed by atoms with Crippen molar-refractivity contribution in [1.29, 1.82) is 0 Å². The van der Waals surface area contributed by atoms with Crippen LogP contribution in [-0.4, -0.2) is 38.1 Å². The molecule has 96 valence electrons. The molecule has 1 N–H and O–H groups in total. The Morgan fingerprint density at radius 2 is 2.18 bits per heavy atom. The Morgan fingerprint density at radius 1 is 1.47 bits per heavy atom. The summed E-state index contributed by atoms with van der Waals surface area (Å²) in [6.07, 6.45) is 0.435. The van der Waals surface area contributed by atoms with Gasteiger partial charge in [0.2, 0.25) is 5.91 Å². The molecule has 0 aromatic carbocycles. The molecule has 0 spiro atoms. The van der Waals surface area contributed by atoms with Gasteiger partial charge >= 0.3 is 11.9 Å². The Morgan fingerprint density at radius 3 is 2.65 bits per heavy atom. The van der Waals surface area contributed by atoms with E-state index in [1.807, 2.05) is 0 Å². The minimum absolute atomic E-state index is 0.0722. The molecule has 1 unspecified atom stereocenters. The number of carbonyl (C=O) groups excluding carboxylic acids is 3. The van der Waals surface area contributed by atoms with Crippen molar-refractivity contribution in [1.82, 2.24) is 5.32 Å². The van der Waals surface area contributed by atoms with E-state index in [9.17, 15) is 14.4 Å². The largest absolute Gasteiger partial charge is 0.469 e. The van der Waals surface area contributed by atoms with Crippen molar-refractivity contribution in [3.8, 4) is 0 Å². The summed E-state index contributed by atoms with van der Waals surface area (Å²) in [5, 5.41) is 2.60. The molecule has 1 fully saturated rings. The van der Waals surface area contributed by atoms with Crippen LogP contribution in [0.5, 0.6) is 0 Å². The summed E-state index contributed by atoms with van der Waals surface area (Å²) in [6, 6.07) is 0. The van der Waals surface area contributed by atoms with E-state index in [-0.39, 0.29) is 38.3 Å². The minimum atomic E-state index is -0.915. The van der Waals surface area contributed by atoms with Gasteiger partial charge in [0, 0.05) is 19.4 Å². The van der Waals surface area contributed by atoms with Crippen LogP contribution in [0.3, 0.4) is 0 Å². The molecule has 1 rings (SSSR count). The summed E-state index contributed by atoms with van der Waals surface area (Å²) in [6.45, 7) is 2.19. The second-order valence-electron chi connectivity index (χ2n) is 4.03. The first kappa shape index (κ1) is 13.5. The Balaban J connectivity index is 2.69. The summed E-state index contributed by atoms with van der Waals surface area (Å²) >= 11 is 0. The highest BCUT2D eigenvalue weighted by molar-refractivity contribution is 5.90. The smallest absolute Gasteiger partial charge is 0.314 e. The van der Waals surface area contributed by atoms with Crippen molar-refractivity contribution in [2.24, 2.45) is 5.41 Å². The molecule has 0 aliphatic carbocycles. The standard InChI is InChI=1S/C11H17NO5/c1-3-17-10(15)11(5-4-9(14)16-2)6-8(13)12-7-11/h3-7H2,1-2H3,(H,12,13). The average molecular weight is 243 g/mol. The van der Waals surface area contributed by atoms with Crippen molar-refractivity contribution in [3.63, 3.8) is 0 Å². The van der Waals surface area contributed by atoms with Gasteiger partial charge in [0.25, 0.3) is 0 Å². The van der Waals surface area contributed by atoms with Gasteiger partial charge in [-0.25, -0.2) is 0 Å². The number of esters is 2. The van der Waals surface area contributed by atoms with Crippen LogP contribution in [0, 0.1) is 5.41 Å². The Kier molecular flexibility index (Phi) is 4.48. The van der Waals surface area contributed by atoms with Crippen LogP contribution in [0.4, 0.5) is 0 Å². The van der Waals surface area contributed by atoms with Crippen LogP contribution in [0.1, 0.15) is 26.2 Å². The molecule has 6 heteroatoms. The number of carbonyl (C=O) groups is 3. The number of hydrogen-bond donors (Lipinski definition) is 1. The fourth-order valence-electron chi connectivity index (χ4n) is 1.85. The third-order valence-corrected chi connectivity index (χ3v) is 2.87. The quantitative estimate of drug-likeness (QED) is 0.688. The van der Waals surface area contributed by atoms with Crippen LogP contribution in [-0.2, 0) is 23.9 Å². The first-order valence-electron chi connectivity index (χ1n) is 5.55. The van der Waals surface area contributed by atoms with E-state index in [1.165, 1.54) is 7.11 Å². The third kappa shape index (κ3) is 3.18. The predicted molar refractivity (Wildman–Crippen MR) is 57.9 cm³/mol. The van der Waals surface area contributed by atoms with Crippen LogP contribution in [0.25, 0.3) is 0 Å². The van der Waals surface area contributed by atoms with E-state index in [4.69, 9.17) is 4.74 Å². The number of amides is 1. The highest BCUT2D eigenvalue weighted by Crippen LogP contribution is 2.33. The molecular weight excluding hydrogens is 226 g/mol. The summed E-state index contributed by atoms with van der Waals surface area (Å²) in [5.41, 5.74) is -0.915. The van der Waals surface area contributed by atoms with E-state index in [2.05, 4.69) is 10.1 Å². The monoisotopic (exact) mass is 243 g/mol. The van der Waals surface area contributed by atoms with Crippen molar-refractivity contribution in [3.05, 3.63) is 0 Å². The van der Waals surface area contributed by atoms with Crippen molar-refractivity contribution in [2.45, 2.75) is 26.2 Å². The van der Waals surface area contributed by atoms with Crippen LogP contribution >= 0.6 is 0 Å².